The zero-order valence-corrected chi connectivity index (χ0v) is 9.60. The van der Waals surface area contributed by atoms with Crippen molar-refractivity contribution in [3.63, 3.8) is 0 Å². The second-order valence-corrected chi connectivity index (χ2v) is 3.78. The van der Waals surface area contributed by atoms with Crippen molar-refractivity contribution < 1.29 is 14.5 Å². The van der Waals surface area contributed by atoms with Gasteiger partial charge in [0.2, 0.25) is 5.82 Å². The van der Waals surface area contributed by atoms with Gasteiger partial charge in [0.1, 0.15) is 12.4 Å². The molecule has 0 aliphatic rings. The lowest BCUT2D eigenvalue weighted by Gasteiger charge is -2.04. The summed E-state index contributed by atoms with van der Waals surface area (Å²) in [4.78, 5) is 8.53. The lowest BCUT2D eigenvalue weighted by molar-refractivity contribution is 0.0996. The third-order valence-electron chi connectivity index (χ3n) is 2.42. The molecule has 1 aromatic carbocycles. The number of aromatic nitrogens is 2. The molecule has 6 heteroatoms. The van der Waals surface area contributed by atoms with E-state index in [2.05, 4.69) is 15.0 Å². The molecule has 0 saturated carbocycles. The minimum atomic E-state index is 0.0725. The van der Waals surface area contributed by atoms with Gasteiger partial charge in [0.25, 0.3) is 5.89 Å². The highest BCUT2D eigenvalue weighted by atomic mass is 16.6. The molecular formula is C11H13N3O3. The van der Waals surface area contributed by atoms with Crippen LogP contribution in [0, 0.1) is 13.8 Å². The van der Waals surface area contributed by atoms with Crippen molar-refractivity contribution in [3.05, 3.63) is 29.2 Å². The number of nitrogens with two attached hydrogens (primary N) is 1. The van der Waals surface area contributed by atoms with Gasteiger partial charge in [-0.25, -0.2) is 5.90 Å². The van der Waals surface area contributed by atoms with Crippen molar-refractivity contribution in [2.75, 3.05) is 0 Å². The lowest BCUT2D eigenvalue weighted by atomic mass is 10.1. The summed E-state index contributed by atoms with van der Waals surface area (Å²) in [6.45, 7) is 3.70. The number of aromatic hydroxyl groups is 1. The van der Waals surface area contributed by atoms with Gasteiger partial charge in [0.05, 0.1) is 0 Å². The molecule has 17 heavy (non-hydrogen) atoms. The van der Waals surface area contributed by atoms with Gasteiger partial charge < -0.3 is 9.63 Å². The highest BCUT2D eigenvalue weighted by Crippen LogP contribution is 2.27. The predicted octanol–water partition coefficient (Wildman–Crippen LogP) is 1.45. The molecule has 0 amide bonds. The summed E-state index contributed by atoms with van der Waals surface area (Å²) >= 11 is 0. The summed E-state index contributed by atoms with van der Waals surface area (Å²) in [6, 6.07) is 3.58. The highest BCUT2D eigenvalue weighted by molar-refractivity contribution is 5.60. The van der Waals surface area contributed by atoms with Gasteiger partial charge in [-0.1, -0.05) is 5.16 Å². The summed E-state index contributed by atoms with van der Waals surface area (Å²) < 4.78 is 4.94. The van der Waals surface area contributed by atoms with Crippen molar-refractivity contribution in [1.82, 2.24) is 10.1 Å². The summed E-state index contributed by atoms with van der Waals surface area (Å²) in [5.74, 6) is 5.95. The van der Waals surface area contributed by atoms with E-state index >= 15 is 0 Å². The Balaban J connectivity index is 2.39. The van der Waals surface area contributed by atoms with E-state index < -0.39 is 0 Å². The molecule has 0 atom stereocenters. The van der Waals surface area contributed by atoms with E-state index in [-0.39, 0.29) is 12.4 Å². The molecule has 0 bridgehead atoms. The number of phenols is 1. The summed E-state index contributed by atoms with van der Waals surface area (Å²) in [7, 11) is 0. The second-order valence-electron chi connectivity index (χ2n) is 3.78. The standard InChI is InChI=1S/C11H13N3O3/c1-6-3-8(4-7(2)10(6)15)11-13-9(5-16-12)17-14-11/h3-4,15H,5,12H2,1-2H3. The van der Waals surface area contributed by atoms with Crippen molar-refractivity contribution >= 4 is 0 Å². The van der Waals surface area contributed by atoms with Crippen LogP contribution in [0.1, 0.15) is 17.0 Å². The van der Waals surface area contributed by atoms with E-state index in [1.165, 1.54) is 0 Å². The first-order valence-corrected chi connectivity index (χ1v) is 5.06. The normalized spacial score (nSPS) is 10.8. The fraction of sp³-hybridized carbons (Fsp3) is 0.273. The van der Waals surface area contributed by atoms with Crippen LogP contribution in [0.15, 0.2) is 16.7 Å². The van der Waals surface area contributed by atoms with Crippen LogP contribution in [0.25, 0.3) is 11.4 Å². The Bertz CT molecular complexity index is 514. The number of aryl methyl sites for hydroxylation is 2. The van der Waals surface area contributed by atoms with E-state index in [4.69, 9.17) is 10.4 Å². The molecule has 90 valence electrons. The maximum absolute atomic E-state index is 9.67. The van der Waals surface area contributed by atoms with Gasteiger partial charge in [-0.15, -0.1) is 0 Å². The fourth-order valence-corrected chi connectivity index (χ4v) is 1.59. The third kappa shape index (κ3) is 2.27. The average Bonchev–Trinajstić information content (AvgIpc) is 2.74. The van der Waals surface area contributed by atoms with Gasteiger partial charge in [-0.05, 0) is 37.1 Å². The zero-order valence-electron chi connectivity index (χ0n) is 9.60. The van der Waals surface area contributed by atoms with Crippen LogP contribution in [-0.2, 0) is 11.4 Å². The number of hydrogen-bond acceptors (Lipinski definition) is 6. The average molecular weight is 235 g/mol. The topological polar surface area (TPSA) is 94.4 Å². The molecule has 0 saturated heterocycles. The molecule has 0 aliphatic heterocycles. The molecule has 1 heterocycles. The monoisotopic (exact) mass is 235 g/mol. The number of benzene rings is 1. The molecule has 0 fully saturated rings. The Morgan fingerprint density at radius 2 is 2.00 bits per heavy atom. The second kappa shape index (κ2) is 4.52. The van der Waals surface area contributed by atoms with Crippen LogP contribution in [0.5, 0.6) is 5.75 Å². The quantitative estimate of drug-likeness (QED) is 0.782. The van der Waals surface area contributed by atoms with Crippen LogP contribution in [-0.4, -0.2) is 15.2 Å². The largest absolute Gasteiger partial charge is 0.507 e. The third-order valence-corrected chi connectivity index (χ3v) is 2.42. The molecule has 0 aliphatic carbocycles. The summed E-state index contributed by atoms with van der Waals surface area (Å²) in [5.41, 5.74) is 2.31. The summed E-state index contributed by atoms with van der Waals surface area (Å²) in [5, 5.41) is 13.5. The molecule has 0 spiro atoms. The van der Waals surface area contributed by atoms with Crippen LogP contribution in [0.4, 0.5) is 0 Å². The maximum Gasteiger partial charge on any atom is 0.255 e. The smallest absolute Gasteiger partial charge is 0.255 e. The minimum Gasteiger partial charge on any atom is -0.507 e. The molecule has 0 radical (unpaired) electrons. The van der Waals surface area contributed by atoms with Gasteiger partial charge >= 0.3 is 0 Å². The molecule has 1 aromatic heterocycles. The van der Waals surface area contributed by atoms with Crippen molar-refractivity contribution in [3.8, 4) is 17.1 Å². The SMILES string of the molecule is Cc1cc(-c2noc(CON)n2)cc(C)c1O. The predicted molar refractivity (Wildman–Crippen MR) is 59.8 cm³/mol. The van der Waals surface area contributed by atoms with Gasteiger partial charge in [-0.2, -0.15) is 4.98 Å². The highest BCUT2D eigenvalue weighted by Gasteiger charge is 2.11. The first-order chi connectivity index (χ1) is 8.11. The minimum absolute atomic E-state index is 0.0725. The fourth-order valence-electron chi connectivity index (χ4n) is 1.59. The number of rotatable bonds is 3. The number of hydrogen-bond donors (Lipinski definition) is 2. The van der Waals surface area contributed by atoms with Gasteiger partial charge in [0.15, 0.2) is 0 Å². The van der Waals surface area contributed by atoms with Crippen molar-refractivity contribution in [2.24, 2.45) is 5.90 Å². The van der Waals surface area contributed by atoms with E-state index in [1.807, 2.05) is 13.8 Å². The number of nitrogens with zero attached hydrogens (tertiary/aromatic N) is 2. The number of phenolic OH excluding ortho intramolecular Hbond substituents is 1. The van der Waals surface area contributed by atoms with E-state index in [1.54, 1.807) is 12.1 Å². The molecule has 2 rings (SSSR count). The molecule has 2 aromatic rings. The Labute approximate surface area is 98.0 Å². The maximum atomic E-state index is 9.67. The van der Waals surface area contributed by atoms with E-state index in [0.29, 0.717) is 11.7 Å². The molecule has 6 nitrogen and oxygen atoms in total. The zero-order chi connectivity index (χ0) is 12.4. The molecule has 0 unspecified atom stereocenters. The molecular weight excluding hydrogens is 222 g/mol. The Morgan fingerprint density at radius 3 is 2.59 bits per heavy atom. The molecule has 3 N–H and O–H groups in total. The van der Waals surface area contributed by atoms with Crippen LogP contribution >= 0.6 is 0 Å². The van der Waals surface area contributed by atoms with Gasteiger partial charge in [-0.3, -0.25) is 4.84 Å². The Kier molecular flexibility index (Phi) is 3.08. The lowest BCUT2D eigenvalue weighted by Crippen LogP contribution is -1.98. The van der Waals surface area contributed by atoms with Crippen molar-refractivity contribution in [1.29, 1.82) is 0 Å². The first-order valence-electron chi connectivity index (χ1n) is 5.06. The summed E-state index contributed by atoms with van der Waals surface area (Å²) in [6.07, 6.45) is 0. The van der Waals surface area contributed by atoms with Crippen molar-refractivity contribution in [2.45, 2.75) is 20.5 Å². The van der Waals surface area contributed by atoms with Crippen LogP contribution in [0.2, 0.25) is 0 Å². The van der Waals surface area contributed by atoms with Crippen LogP contribution in [0.3, 0.4) is 0 Å². The Morgan fingerprint density at radius 1 is 1.35 bits per heavy atom. The van der Waals surface area contributed by atoms with Crippen LogP contribution < -0.4 is 5.90 Å². The van der Waals surface area contributed by atoms with E-state index in [0.717, 1.165) is 16.7 Å². The first kappa shape index (κ1) is 11.6. The van der Waals surface area contributed by atoms with E-state index in [9.17, 15) is 5.11 Å². The van der Waals surface area contributed by atoms with Gasteiger partial charge in [0, 0.05) is 5.56 Å². The Hall–Kier alpha value is -1.92.